The standard InChI is InChI=1S/C21H22ClNO3S/c1-6-27-21-12(3)19(24)16-10-11(2)9-15(20(16)26-21)14(5)25-17-7-8-18(22)23-13(17)4/h7-10,14H,6H2,1-5H3/t14-/m1/s1. The van der Waals surface area contributed by atoms with Crippen molar-refractivity contribution in [3.63, 3.8) is 0 Å². The van der Waals surface area contributed by atoms with Crippen LogP contribution in [0.3, 0.4) is 0 Å². The first-order chi connectivity index (χ1) is 12.8. The van der Waals surface area contributed by atoms with Crippen LogP contribution in [0.2, 0.25) is 5.15 Å². The van der Waals surface area contributed by atoms with Gasteiger partial charge in [0.15, 0.2) is 10.5 Å². The number of hydrogen-bond donors (Lipinski definition) is 0. The number of hydrogen-bond acceptors (Lipinski definition) is 5. The Balaban J connectivity index is 2.13. The van der Waals surface area contributed by atoms with Gasteiger partial charge in [0, 0.05) is 11.1 Å². The van der Waals surface area contributed by atoms with Crippen molar-refractivity contribution in [3.8, 4) is 5.75 Å². The number of fused-ring (bicyclic) bond motifs is 1. The van der Waals surface area contributed by atoms with E-state index in [1.807, 2.05) is 46.8 Å². The van der Waals surface area contributed by atoms with Crippen LogP contribution in [0.4, 0.5) is 0 Å². The second-order valence-electron chi connectivity index (χ2n) is 6.49. The highest BCUT2D eigenvalue weighted by Crippen LogP contribution is 2.33. The van der Waals surface area contributed by atoms with Crippen molar-refractivity contribution in [2.24, 2.45) is 0 Å². The van der Waals surface area contributed by atoms with Crippen molar-refractivity contribution >= 4 is 34.3 Å². The lowest BCUT2D eigenvalue weighted by Crippen LogP contribution is -2.11. The topological polar surface area (TPSA) is 52.3 Å². The molecule has 2 aromatic heterocycles. The molecule has 0 aliphatic heterocycles. The van der Waals surface area contributed by atoms with Crippen LogP contribution in [0.25, 0.3) is 11.0 Å². The van der Waals surface area contributed by atoms with E-state index in [0.29, 0.717) is 38.2 Å². The van der Waals surface area contributed by atoms with E-state index in [-0.39, 0.29) is 11.5 Å². The van der Waals surface area contributed by atoms with E-state index in [1.165, 1.54) is 11.8 Å². The predicted octanol–water partition coefficient (Wildman–Crippen LogP) is 6.02. The summed E-state index contributed by atoms with van der Waals surface area (Å²) < 4.78 is 12.3. The van der Waals surface area contributed by atoms with Gasteiger partial charge in [0.25, 0.3) is 0 Å². The third-order valence-corrected chi connectivity index (χ3v) is 5.52. The van der Waals surface area contributed by atoms with Crippen LogP contribution in [0.5, 0.6) is 5.75 Å². The van der Waals surface area contributed by atoms with Crippen LogP contribution < -0.4 is 10.2 Å². The lowest BCUT2D eigenvalue weighted by molar-refractivity contribution is 0.223. The molecule has 0 fully saturated rings. The molecule has 0 aliphatic rings. The molecule has 0 unspecified atom stereocenters. The first-order valence-corrected chi connectivity index (χ1v) is 10.2. The fourth-order valence-corrected chi connectivity index (χ4v) is 3.92. The molecule has 0 saturated carbocycles. The molecule has 0 spiro atoms. The molecule has 4 nitrogen and oxygen atoms in total. The van der Waals surface area contributed by atoms with Crippen molar-refractivity contribution in [1.82, 2.24) is 4.98 Å². The summed E-state index contributed by atoms with van der Waals surface area (Å²) in [4.78, 5) is 17.1. The second-order valence-corrected chi connectivity index (χ2v) is 8.11. The van der Waals surface area contributed by atoms with Gasteiger partial charge in [-0.3, -0.25) is 4.79 Å². The third-order valence-electron chi connectivity index (χ3n) is 4.37. The van der Waals surface area contributed by atoms with E-state index in [9.17, 15) is 4.79 Å². The number of benzene rings is 1. The molecule has 1 aromatic carbocycles. The van der Waals surface area contributed by atoms with Crippen LogP contribution in [-0.4, -0.2) is 10.7 Å². The smallest absolute Gasteiger partial charge is 0.196 e. The minimum Gasteiger partial charge on any atom is -0.484 e. The molecule has 0 bridgehead atoms. The molecule has 6 heteroatoms. The first-order valence-electron chi connectivity index (χ1n) is 8.82. The number of halogens is 1. The summed E-state index contributed by atoms with van der Waals surface area (Å²) in [5.41, 5.74) is 3.78. The van der Waals surface area contributed by atoms with Crippen molar-refractivity contribution in [1.29, 1.82) is 0 Å². The van der Waals surface area contributed by atoms with Gasteiger partial charge in [-0.2, -0.15) is 0 Å². The Hall–Kier alpha value is -1.98. The van der Waals surface area contributed by atoms with Crippen LogP contribution in [0, 0.1) is 20.8 Å². The number of aryl methyl sites for hydroxylation is 2. The van der Waals surface area contributed by atoms with Crippen LogP contribution in [0.15, 0.2) is 38.6 Å². The van der Waals surface area contributed by atoms with Gasteiger partial charge in [0.2, 0.25) is 0 Å². The molecular weight excluding hydrogens is 382 g/mol. The molecule has 0 radical (unpaired) electrons. The Morgan fingerprint density at radius 3 is 2.67 bits per heavy atom. The molecule has 27 heavy (non-hydrogen) atoms. The lowest BCUT2D eigenvalue weighted by atomic mass is 10.0. The normalized spacial score (nSPS) is 12.4. The number of nitrogens with zero attached hydrogens (tertiary/aromatic N) is 1. The Bertz CT molecular complexity index is 1060. The SMILES string of the molecule is CCSc1oc2c([C@@H](C)Oc3ccc(Cl)nc3C)cc(C)cc2c(=O)c1C. The molecule has 3 aromatic rings. The van der Waals surface area contributed by atoms with Gasteiger partial charge in [-0.25, -0.2) is 4.98 Å². The van der Waals surface area contributed by atoms with Crippen molar-refractivity contribution in [2.75, 3.05) is 5.75 Å². The fourth-order valence-electron chi connectivity index (χ4n) is 3.01. The number of pyridine rings is 1. The van der Waals surface area contributed by atoms with Gasteiger partial charge in [0.05, 0.1) is 11.1 Å². The zero-order chi connectivity index (χ0) is 19.7. The molecule has 142 valence electrons. The second kappa shape index (κ2) is 7.95. The van der Waals surface area contributed by atoms with Crippen molar-refractivity contribution in [3.05, 3.63) is 62.0 Å². The fraction of sp³-hybridized carbons (Fsp3) is 0.333. The van der Waals surface area contributed by atoms with E-state index in [2.05, 4.69) is 4.98 Å². The summed E-state index contributed by atoms with van der Waals surface area (Å²) in [7, 11) is 0. The maximum absolute atomic E-state index is 12.9. The van der Waals surface area contributed by atoms with E-state index >= 15 is 0 Å². The number of thioether (sulfide) groups is 1. The van der Waals surface area contributed by atoms with Gasteiger partial charge in [-0.05, 0) is 63.3 Å². The minimum absolute atomic E-state index is 0.00805. The quantitative estimate of drug-likeness (QED) is 0.385. The van der Waals surface area contributed by atoms with Crippen molar-refractivity contribution in [2.45, 2.75) is 45.8 Å². The Kier molecular flexibility index (Phi) is 5.82. The summed E-state index contributed by atoms with van der Waals surface area (Å²) in [6.07, 6.45) is -0.320. The van der Waals surface area contributed by atoms with E-state index < -0.39 is 0 Å². The highest BCUT2D eigenvalue weighted by atomic mass is 35.5. The number of rotatable bonds is 5. The molecule has 0 N–H and O–H groups in total. The summed E-state index contributed by atoms with van der Waals surface area (Å²) in [6.45, 7) is 9.60. The van der Waals surface area contributed by atoms with E-state index in [1.54, 1.807) is 12.1 Å². The molecule has 1 atom stereocenters. The van der Waals surface area contributed by atoms with Gasteiger partial charge in [-0.15, -0.1) is 0 Å². The zero-order valence-electron chi connectivity index (χ0n) is 16.1. The average molecular weight is 404 g/mol. The Morgan fingerprint density at radius 2 is 2.00 bits per heavy atom. The molecule has 0 saturated heterocycles. The third kappa shape index (κ3) is 3.99. The summed E-state index contributed by atoms with van der Waals surface area (Å²) >= 11 is 7.46. The van der Waals surface area contributed by atoms with Crippen molar-refractivity contribution < 1.29 is 9.15 Å². The molecule has 0 amide bonds. The minimum atomic E-state index is -0.320. The van der Waals surface area contributed by atoms with Gasteiger partial charge in [-0.1, -0.05) is 30.3 Å². The van der Waals surface area contributed by atoms with E-state index in [4.69, 9.17) is 20.8 Å². The van der Waals surface area contributed by atoms with Gasteiger partial charge in [0.1, 0.15) is 22.6 Å². The lowest BCUT2D eigenvalue weighted by Gasteiger charge is -2.19. The maximum atomic E-state index is 12.9. The number of ether oxygens (including phenoxy) is 1. The Morgan fingerprint density at radius 1 is 1.26 bits per heavy atom. The Labute approximate surface area is 167 Å². The first kappa shape index (κ1) is 19.8. The van der Waals surface area contributed by atoms with Crippen LogP contribution in [0.1, 0.15) is 42.3 Å². The summed E-state index contributed by atoms with van der Waals surface area (Å²) in [6, 6.07) is 7.38. The molecular formula is C21H22ClNO3S. The highest BCUT2D eigenvalue weighted by Gasteiger charge is 2.19. The van der Waals surface area contributed by atoms with Gasteiger partial charge >= 0.3 is 0 Å². The molecule has 0 aliphatic carbocycles. The average Bonchev–Trinajstić information content (AvgIpc) is 2.62. The van der Waals surface area contributed by atoms with Crippen LogP contribution >= 0.6 is 23.4 Å². The monoisotopic (exact) mass is 403 g/mol. The maximum Gasteiger partial charge on any atom is 0.196 e. The molecule has 2 heterocycles. The summed E-state index contributed by atoms with van der Waals surface area (Å²) in [5.74, 6) is 1.48. The molecule has 3 rings (SSSR count). The summed E-state index contributed by atoms with van der Waals surface area (Å²) in [5, 5.41) is 1.68. The highest BCUT2D eigenvalue weighted by molar-refractivity contribution is 7.99. The van der Waals surface area contributed by atoms with E-state index in [0.717, 1.165) is 16.9 Å². The largest absolute Gasteiger partial charge is 0.484 e. The number of aromatic nitrogens is 1. The zero-order valence-corrected chi connectivity index (χ0v) is 17.6. The van der Waals surface area contributed by atoms with Crippen LogP contribution in [-0.2, 0) is 0 Å². The van der Waals surface area contributed by atoms with Gasteiger partial charge < -0.3 is 9.15 Å². The predicted molar refractivity (Wildman–Crippen MR) is 111 cm³/mol.